The molecule has 25 heavy (non-hydrogen) atoms. The maximum Gasteiger partial charge on any atom is 0.257 e. The second kappa shape index (κ2) is 7.84. The van der Waals surface area contributed by atoms with Crippen LogP contribution in [0.2, 0.25) is 0 Å². The third-order valence-corrected chi connectivity index (χ3v) is 4.97. The average Bonchev–Trinajstić information content (AvgIpc) is 3.01. The molecule has 1 N–H and O–H groups in total. The lowest BCUT2D eigenvalue weighted by atomic mass is 10.2. The molecule has 0 radical (unpaired) electrons. The van der Waals surface area contributed by atoms with Crippen LogP contribution in [0.4, 0.5) is 5.13 Å². The quantitative estimate of drug-likeness (QED) is 0.601. The Balaban J connectivity index is 1.84. The first-order chi connectivity index (χ1) is 12.1. The molecule has 0 unspecified atom stereocenters. The zero-order chi connectivity index (χ0) is 17.8. The molecular weight excluding hydrogens is 404 g/mol. The molecule has 3 rings (SSSR count). The Kier molecular flexibility index (Phi) is 5.55. The lowest BCUT2D eigenvalue weighted by Crippen LogP contribution is -2.12. The van der Waals surface area contributed by atoms with Crippen molar-refractivity contribution in [2.45, 2.75) is 13.8 Å². The molecule has 5 nitrogen and oxygen atoms in total. The van der Waals surface area contributed by atoms with Crippen molar-refractivity contribution in [2.24, 2.45) is 0 Å². The molecule has 1 aromatic heterocycles. The van der Waals surface area contributed by atoms with Crippen molar-refractivity contribution < 1.29 is 14.3 Å². The minimum atomic E-state index is -0.237. The van der Waals surface area contributed by atoms with Gasteiger partial charge in [0.15, 0.2) is 16.6 Å². The molecule has 0 aliphatic heterocycles. The van der Waals surface area contributed by atoms with E-state index in [0.717, 1.165) is 14.7 Å². The van der Waals surface area contributed by atoms with Gasteiger partial charge in [-0.05, 0) is 60.1 Å². The fourth-order valence-electron chi connectivity index (χ4n) is 2.33. The largest absolute Gasteiger partial charge is 0.490 e. The van der Waals surface area contributed by atoms with Crippen LogP contribution < -0.4 is 14.8 Å². The van der Waals surface area contributed by atoms with Crippen LogP contribution in [0.1, 0.15) is 24.2 Å². The molecule has 130 valence electrons. The van der Waals surface area contributed by atoms with Crippen LogP contribution in [0.15, 0.2) is 40.9 Å². The number of aromatic nitrogens is 1. The molecule has 0 bridgehead atoms. The van der Waals surface area contributed by atoms with Crippen molar-refractivity contribution in [3.8, 4) is 11.5 Å². The summed E-state index contributed by atoms with van der Waals surface area (Å²) in [7, 11) is 0. The Morgan fingerprint density at radius 2 is 1.92 bits per heavy atom. The number of benzene rings is 2. The number of carbonyl (C=O) groups excluding carboxylic acids is 1. The van der Waals surface area contributed by atoms with Gasteiger partial charge in [-0.1, -0.05) is 17.4 Å². The van der Waals surface area contributed by atoms with Crippen LogP contribution in [0.5, 0.6) is 11.5 Å². The number of anilines is 1. The highest BCUT2D eigenvalue weighted by molar-refractivity contribution is 9.10. The van der Waals surface area contributed by atoms with E-state index in [-0.39, 0.29) is 5.91 Å². The summed E-state index contributed by atoms with van der Waals surface area (Å²) < 4.78 is 13.0. The predicted molar refractivity (Wildman–Crippen MR) is 104 cm³/mol. The van der Waals surface area contributed by atoms with Crippen LogP contribution in [0, 0.1) is 0 Å². The third kappa shape index (κ3) is 3.93. The number of nitrogens with one attached hydrogen (secondary N) is 1. The fraction of sp³-hybridized carbons (Fsp3) is 0.222. The number of ether oxygens (including phenoxy) is 2. The van der Waals surface area contributed by atoms with E-state index in [9.17, 15) is 4.79 Å². The zero-order valence-electron chi connectivity index (χ0n) is 13.8. The smallest absolute Gasteiger partial charge is 0.257 e. The molecule has 0 aliphatic carbocycles. The number of amides is 1. The molecule has 0 atom stereocenters. The molecule has 0 saturated heterocycles. The van der Waals surface area contributed by atoms with E-state index < -0.39 is 0 Å². The standard InChI is InChI=1S/C18H17BrN2O3S/c1-3-23-13-9-8-11(10-14(13)24-4-2)17(22)21-18-20-16-12(19)6-5-7-15(16)25-18/h5-10H,3-4H2,1-2H3,(H,20,21,22). The van der Waals surface area contributed by atoms with E-state index in [1.165, 1.54) is 11.3 Å². The summed E-state index contributed by atoms with van der Waals surface area (Å²) >= 11 is 4.90. The van der Waals surface area contributed by atoms with Gasteiger partial charge in [0, 0.05) is 10.0 Å². The minimum absolute atomic E-state index is 0.237. The van der Waals surface area contributed by atoms with E-state index in [1.807, 2.05) is 32.0 Å². The van der Waals surface area contributed by atoms with Gasteiger partial charge in [-0.25, -0.2) is 4.98 Å². The van der Waals surface area contributed by atoms with Crippen molar-refractivity contribution in [1.29, 1.82) is 0 Å². The highest BCUT2D eigenvalue weighted by Gasteiger charge is 2.14. The summed E-state index contributed by atoms with van der Waals surface area (Å²) in [5.41, 5.74) is 1.33. The number of fused-ring (bicyclic) bond motifs is 1. The van der Waals surface area contributed by atoms with Crippen molar-refractivity contribution in [3.63, 3.8) is 0 Å². The fourth-order valence-corrected chi connectivity index (χ4v) is 3.80. The highest BCUT2D eigenvalue weighted by Crippen LogP contribution is 2.32. The van der Waals surface area contributed by atoms with E-state index in [4.69, 9.17) is 9.47 Å². The Hall–Kier alpha value is -2.12. The number of halogens is 1. The summed E-state index contributed by atoms with van der Waals surface area (Å²) in [5.74, 6) is 0.952. The van der Waals surface area contributed by atoms with Gasteiger partial charge in [0.05, 0.1) is 23.4 Å². The number of thiazole rings is 1. The summed E-state index contributed by atoms with van der Waals surface area (Å²) in [6, 6.07) is 11.0. The Morgan fingerprint density at radius 1 is 1.16 bits per heavy atom. The Morgan fingerprint density at radius 3 is 2.64 bits per heavy atom. The molecule has 2 aromatic carbocycles. The van der Waals surface area contributed by atoms with Gasteiger partial charge in [-0.2, -0.15) is 0 Å². The number of nitrogens with zero attached hydrogens (tertiary/aromatic N) is 1. The summed E-state index contributed by atoms with van der Waals surface area (Å²) in [6.45, 7) is 4.83. The minimum Gasteiger partial charge on any atom is -0.490 e. The van der Waals surface area contributed by atoms with Gasteiger partial charge in [-0.3, -0.25) is 10.1 Å². The normalized spacial score (nSPS) is 10.7. The van der Waals surface area contributed by atoms with Crippen LogP contribution in [-0.2, 0) is 0 Å². The average molecular weight is 421 g/mol. The first-order valence-corrected chi connectivity index (χ1v) is 9.49. The van der Waals surface area contributed by atoms with Crippen molar-refractivity contribution in [1.82, 2.24) is 4.98 Å². The van der Waals surface area contributed by atoms with Crippen LogP contribution in [0.25, 0.3) is 10.2 Å². The predicted octanol–water partition coefficient (Wildman–Crippen LogP) is 5.11. The third-order valence-electron chi connectivity index (χ3n) is 3.40. The Labute approximate surface area is 158 Å². The number of hydrogen-bond donors (Lipinski definition) is 1. The van der Waals surface area contributed by atoms with E-state index in [0.29, 0.717) is 35.4 Å². The summed E-state index contributed by atoms with van der Waals surface area (Å²) in [6.07, 6.45) is 0. The molecule has 0 spiro atoms. The molecule has 0 fully saturated rings. The molecule has 3 aromatic rings. The second-order valence-corrected chi connectivity index (χ2v) is 6.97. The number of para-hydroxylation sites is 1. The molecule has 1 heterocycles. The summed E-state index contributed by atoms with van der Waals surface area (Å²) in [4.78, 5) is 17.0. The topological polar surface area (TPSA) is 60.5 Å². The van der Waals surface area contributed by atoms with E-state index in [2.05, 4.69) is 26.2 Å². The number of carbonyl (C=O) groups is 1. The molecule has 1 amide bonds. The number of hydrogen-bond acceptors (Lipinski definition) is 5. The second-order valence-electron chi connectivity index (χ2n) is 5.09. The van der Waals surface area contributed by atoms with Gasteiger partial charge in [0.1, 0.15) is 0 Å². The van der Waals surface area contributed by atoms with Gasteiger partial charge in [0.2, 0.25) is 0 Å². The molecule has 7 heteroatoms. The zero-order valence-corrected chi connectivity index (χ0v) is 16.2. The van der Waals surface area contributed by atoms with Crippen LogP contribution >= 0.6 is 27.3 Å². The van der Waals surface area contributed by atoms with Gasteiger partial charge >= 0.3 is 0 Å². The monoisotopic (exact) mass is 420 g/mol. The lowest BCUT2D eigenvalue weighted by Gasteiger charge is -2.12. The maximum absolute atomic E-state index is 12.5. The van der Waals surface area contributed by atoms with E-state index >= 15 is 0 Å². The highest BCUT2D eigenvalue weighted by atomic mass is 79.9. The van der Waals surface area contributed by atoms with Crippen LogP contribution in [0.3, 0.4) is 0 Å². The first kappa shape index (κ1) is 17.7. The van der Waals surface area contributed by atoms with Crippen molar-refractivity contribution in [2.75, 3.05) is 18.5 Å². The van der Waals surface area contributed by atoms with Gasteiger partial charge in [0.25, 0.3) is 5.91 Å². The molecule has 0 saturated carbocycles. The lowest BCUT2D eigenvalue weighted by molar-refractivity contribution is 0.102. The summed E-state index contributed by atoms with van der Waals surface area (Å²) in [5, 5.41) is 3.40. The van der Waals surface area contributed by atoms with E-state index in [1.54, 1.807) is 18.2 Å². The Bertz CT molecular complexity index is 910. The first-order valence-electron chi connectivity index (χ1n) is 7.88. The van der Waals surface area contributed by atoms with Crippen molar-refractivity contribution >= 4 is 48.5 Å². The van der Waals surface area contributed by atoms with Crippen molar-refractivity contribution in [3.05, 3.63) is 46.4 Å². The SMILES string of the molecule is CCOc1ccc(C(=O)Nc2nc3c(Br)cccc3s2)cc1OCC. The maximum atomic E-state index is 12.5. The van der Waals surface area contributed by atoms with Crippen LogP contribution in [-0.4, -0.2) is 24.1 Å². The number of rotatable bonds is 6. The van der Waals surface area contributed by atoms with Gasteiger partial charge < -0.3 is 9.47 Å². The van der Waals surface area contributed by atoms with Gasteiger partial charge in [-0.15, -0.1) is 0 Å². The molecular formula is C18H17BrN2O3S. The molecule has 0 aliphatic rings.